The number of hydrogen-bond donors (Lipinski definition) is 1. The average molecular weight is 284 g/mol. The maximum atomic E-state index is 12.8. The molecular weight excluding hydrogens is 264 g/mol. The van der Waals surface area contributed by atoms with E-state index in [1.807, 2.05) is 30.0 Å². The second kappa shape index (κ2) is 5.88. The van der Waals surface area contributed by atoms with Gasteiger partial charge in [-0.2, -0.15) is 0 Å². The highest BCUT2D eigenvalue weighted by atomic mass is 16.5. The molecule has 2 aliphatic heterocycles. The van der Waals surface area contributed by atoms with Gasteiger partial charge in [0.05, 0.1) is 24.3 Å². The van der Waals surface area contributed by atoms with Crippen LogP contribution in [-0.2, 0) is 4.74 Å². The Morgan fingerprint density at radius 3 is 2.76 bits per heavy atom. The summed E-state index contributed by atoms with van der Waals surface area (Å²) in [5, 5.41) is 0. The minimum absolute atomic E-state index is 0.0523. The van der Waals surface area contributed by atoms with Crippen LogP contribution in [-0.4, -0.2) is 42.6 Å². The number of ether oxygens (including phenoxy) is 1. The van der Waals surface area contributed by atoms with Crippen molar-refractivity contribution in [3.05, 3.63) is 34.9 Å². The Morgan fingerprint density at radius 2 is 2.10 bits per heavy atom. The first-order chi connectivity index (χ1) is 10.2. The van der Waals surface area contributed by atoms with Gasteiger partial charge in [0, 0.05) is 18.7 Å². The van der Waals surface area contributed by atoms with Crippen LogP contribution in [0.4, 0.5) is 0 Å². The van der Waals surface area contributed by atoms with Crippen LogP contribution in [0.25, 0.3) is 0 Å². The molecule has 0 aliphatic carbocycles. The number of nitrogens with zero attached hydrogens (tertiary/aromatic N) is 1. The standard InChI is InChI=1S/C17H20N2O2/c1-12-4-7-16(13(9-12)3-2-8-18)17(20)19-10-14-5-6-15(11-19)21-14/h4,7,9,14-15H,5-6,8,10-11,18H2,1H3. The molecule has 4 heteroatoms. The van der Waals surface area contributed by atoms with Gasteiger partial charge >= 0.3 is 0 Å². The van der Waals surface area contributed by atoms with E-state index in [2.05, 4.69) is 11.8 Å². The van der Waals surface area contributed by atoms with E-state index in [-0.39, 0.29) is 18.1 Å². The first-order valence-corrected chi connectivity index (χ1v) is 7.41. The molecule has 1 amide bonds. The summed E-state index contributed by atoms with van der Waals surface area (Å²) in [7, 11) is 0. The van der Waals surface area contributed by atoms with Gasteiger partial charge in [0.15, 0.2) is 0 Å². The van der Waals surface area contributed by atoms with Gasteiger partial charge in [-0.1, -0.05) is 17.9 Å². The van der Waals surface area contributed by atoms with E-state index in [0.717, 1.165) is 24.0 Å². The average Bonchev–Trinajstić information content (AvgIpc) is 2.83. The lowest BCUT2D eigenvalue weighted by atomic mass is 10.0. The van der Waals surface area contributed by atoms with Gasteiger partial charge < -0.3 is 15.4 Å². The quantitative estimate of drug-likeness (QED) is 0.791. The maximum absolute atomic E-state index is 12.8. The van der Waals surface area contributed by atoms with Crippen molar-refractivity contribution >= 4 is 5.91 Å². The molecule has 1 aromatic carbocycles. The summed E-state index contributed by atoms with van der Waals surface area (Å²) in [5.74, 6) is 5.91. The monoisotopic (exact) mass is 284 g/mol. The molecule has 2 unspecified atom stereocenters. The number of carbonyl (C=O) groups excluding carboxylic acids is 1. The second-order valence-corrected chi connectivity index (χ2v) is 5.72. The molecule has 4 nitrogen and oxygen atoms in total. The van der Waals surface area contributed by atoms with E-state index >= 15 is 0 Å². The fourth-order valence-corrected chi connectivity index (χ4v) is 3.05. The Labute approximate surface area is 125 Å². The Bertz CT molecular complexity index is 603. The summed E-state index contributed by atoms with van der Waals surface area (Å²) in [6.45, 7) is 3.67. The molecule has 2 fully saturated rings. The number of likely N-dealkylation sites (tertiary alicyclic amines) is 1. The highest BCUT2D eigenvalue weighted by molar-refractivity contribution is 5.97. The molecule has 2 atom stereocenters. The van der Waals surface area contributed by atoms with E-state index < -0.39 is 0 Å². The summed E-state index contributed by atoms with van der Waals surface area (Å²) in [6.07, 6.45) is 2.53. The third kappa shape index (κ3) is 2.94. The van der Waals surface area contributed by atoms with Crippen LogP contribution in [0.3, 0.4) is 0 Å². The Balaban J connectivity index is 1.87. The van der Waals surface area contributed by atoms with Gasteiger partial charge in [-0.3, -0.25) is 4.79 Å². The molecule has 2 heterocycles. The maximum Gasteiger partial charge on any atom is 0.255 e. The zero-order chi connectivity index (χ0) is 14.8. The number of carbonyl (C=O) groups is 1. The number of rotatable bonds is 1. The molecule has 3 rings (SSSR count). The van der Waals surface area contributed by atoms with Gasteiger partial charge in [0.25, 0.3) is 5.91 Å². The topological polar surface area (TPSA) is 55.6 Å². The van der Waals surface area contributed by atoms with Gasteiger partial charge in [-0.15, -0.1) is 0 Å². The molecule has 2 bridgehead atoms. The van der Waals surface area contributed by atoms with Crippen molar-refractivity contribution in [2.45, 2.75) is 32.0 Å². The minimum atomic E-state index is 0.0523. The Kier molecular flexibility index (Phi) is 3.96. The fraction of sp³-hybridized carbons (Fsp3) is 0.471. The molecule has 1 aromatic rings. The smallest absolute Gasteiger partial charge is 0.255 e. The SMILES string of the molecule is Cc1ccc(C(=O)N2CC3CCC(C2)O3)c(C#CCN)c1. The molecule has 21 heavy (non-hydrogen) atoms. The van der Waals surface area contributed by atoms with Crippen LogP contribution in [0, 0.1) is 18.8 Å². The number of aryl methyl sites for hydroxylation is 1. The summed E-state index contributed by atoms with van der Waals surface area (Å²) in [5.41, 5.74) is 7.97. The minimum Gasteiger partial charge on any atom is -0.371 e. The van der Waals surface area contributed by atoms with Crippen molar-refractivity contribution in [3.63, 3.8) is 0 Å². The van der Waals surface area contributed by atoms with Crippen LogP contribution in [0.1, 0.15) is 34.3 Å². The number of benzene rings is 1. The zero-order valence-electron chi connectivity index (χ0n) is 12.3. The lowest BCUT2D eigenvalue weighted by Crippen LogP contribution is -2.46. The lowest BCUT2D eigenvalue weighted by Gasteiger charge is -2.32. The van der Waals surface area contributed by atoms with E-state index in [0.29, 0.717) is 25.2 Å². The number of nitrogens with two attached hydrogens (primary N) is 1. The van der Waals surface area contributed by atoms with Crippen LogP contribution in [0.2, 0.25) is 0 Å². The van der Waals surface area contributed by atoms with Gasteiger partial charge in [-0.25, -0.2) is 0 Å². The van der Waals surface area contributed by atoms with Crippen molar-refractivity contribution in [2.75, 3.05) is 19.6 Å². The number of fused-ring (bicyclic) bond motifs is 2. The first-order valence-electron chi connectivity index (χ1n) is 7.41. The van der Waals surface area contributed by atoms with Crippen LogP contribution >= 0.6 is 0 Å². The molecule has 2 N–H and O–H groups in total. The van der Waals surface area contributed by atoms with Crippen LogP contribution in [0.5, 0.6) is 0 Å². The summed E-state index contributed by atoms with van der Waals surface area (Å²) < 4.78 is 5.79. The van der Waals surface area contributed by atoms with Crippen molar-refractivity contribution in [1.82, 2.24) is 4.90 Å². The fourth-order valence-electron chi connectivity index (χ4n) is 3.05. The van der Waals surface area contributed by atoms with Gasteiger partial charge in [-0.05, 0) is 37.5 Å². The molecule has 2 aliphatic rings. The summed E-state index contributed by atoms with van der Waals surface area (Å²) in [6, 6.07) is 5.77. The predicted molar refractivity (Wildman–Crippen MR) is 80.9 cm³/mol. The molecule has 0 spiro atoms. The van der Waals surface area contributed by atoms with Crippen LogP contribution < -0.4 is 5.73 Å². The molecule has 0 saturated carbocycles. The van der Waals surface area contributed by atoms with E-state index in [1.54, 1.807) is 0 Å². The normalized spacial score (nSPS) is 23.6. The molecule has 0 aromatic heterocycles. The van der Waals surface area contributed by atoms with E-state index in [9.17, 15) is 4.79 Å². The third-order valence-electron chi connectivity index (χ3n) is 4.06. The van der Waals surface area contributed by atoms with Crippen molar-refractivity contribution < 1.29 is 9.53 Å². The van der Waals surface area contributed by atoms with Gasteiger partial charge in [0.2, 0.25) is 0 Å². The molecule has 2 saturated heterocycles. The Hall–Kier alpha value is -1.83. The molecule has 0 radical (unpaired) electrons. The highest BCUT2D eigenvalue weighted by Gasteiger charge is 2.36. The number of amides is 1. The lowest BCUT2D eigenvalue weighted by molar-refractivity contribution is -0.0303. The zero-order valence-corrected chi connectivity index (χ0v) is 12.3. The van der Waals surface area contributed by atoms with Crippen LogP contribution in [0.15, 0.2) is 18.2 Å². The van der Waals surface area contributed by atoms with Crippen molar-refractivity contribution in [2.24, 2.45) is 5.73 Å². The largest absolute Gasteiger partial charge is 0.371 e. The molecular formula is C17H20N2O2. The third-order valence-corrected chi connectivity index (χ3v) is 4.06. The molecule has 110 valence electrons. The summed E-state index contributed by atoms with van der Waals surface area (Å²) >= 11 is 0. The van der Waals surface area contributed by atoms with E-state index in [4.69, 9.17) is 10.5 Å². The van der Waals surface area contributed by atoms with E-state index in [1.165, 1.54) is 0 Å². The number of morpholine rings is 1. The summed E-state index contributed by atoms with van der Waals surface area (Å²) in [4.78, 5) is 14.7. The number of hydrogen-bond acceptors (Lipinski definition) is 3. The highest BCUT2D eigenvalue weighted by Crippen LogP contribution is 2.27. The van der Waals surface area contributed by atoms with Gasteiger partial charge in [0.1, 0.15) is 0 Å². The Morgan fingerprint density at radius 1 is 1.38 bits per heavy atom. The first kappa shape index (κ1) is 14.1. The second-order valence-electron chi connectivity index (χ2n) is 5.72. The predicted octanol–water partition coefficient (Wildman–Crippen LogP) is 1.31. The van der Waals surface area contributed by atoms with Crippen molar-refractivity contribution in [1.29, 1.82) is 0 Å². The van der Waals surface area contributed by atoms with Crippen molar-refractivity contribution in [3.8, 4) is 11.8 Å².